The van der Waals surface area contributed by atoms with Crippen LogP contribution in [-0.4, -0.2) is 18.0 Å². The average molecular weight is 296 g/mol. The molecule has 1 atom stereocenters. The van der Waals surface area contributed by atoms with Crippen LogP contribution in [-0.2, 0) is 19.1 Å². The molecule has 120 valence electrons. The monoisotopic (exact) mass is 296 g/mol. The van der Waals surface area contributed by atoms with Gasteiger partial charge in [0.1, 0.15) is 0 Å². The predicted molar refractivity (Wildman–Crippen MR) is 83.5 cm³/mol. The van der Waals surface area contributed by atoms with Crippen molar-refractivity contribution in [1.82, 2.24) is 0 Å². The number of carbonyl (C=O) groups excluding carboxylic acids is 2. The minimum absolute atomic E-state index is 0.469. The predicted octanol–water partition coefficient (Wildman–Crippen LogP) is 4.16. The average Bonchev–Trinajstić information content (AvgIpc) is 2.44. The lowest BCUT2D eigenvalue weighted by Crippen LogP contribution is -2.27. The SMILES string of the molecule is C=COC(=O)C(CCCCCCCC(C)C)OC(=O)C=C. The fraction of sp³-hybridized carbons (Fsp3) is 0.647. The van der Waals surface area contributed by atoms with Gasteiger partial charge >= 0.3 is 11.9 Å². The summed E-state index contributed by atoms with van der Waals surface area (Å²) in [4.78, 5) is 22.8. The molecule has 0 rings (SSSR count). The number of hydrogen-bond donors (Lipinski definition) is 0. The molecule has 0 amide bonds. The Morgan fingerprint density at radius 2 is 1.57 bits per heavy atom. The topological polar surface area (TPSA) is 52.6 Å². The summed E-state index contributed by atoms with van der Waals surface area (Å²) in [7, 11) is 0. The van der Waals surface area contributed by atoms with E-state index in [-0.39, 0.29) is 0 Å². The van der Waals surface area contributed by atoms with Gasteiger partial charge in [-0.15, -0.1) is 0 Å². The highest BCUT2D eigenvalue weighted by Crippen LogP contribution is 2.14. The van der Waals surface area contributed by atoms with E-state index in [0.29, 0.717) is 6.42 Å². The summed E-state index contributed by atoms with van der Waals surface area (Å²) in [5.41, 5.74) is 0. The maximum Gasteiger partial charge on any atom is 0.352 e. The van der Waals surface area contributed by atoms with E-state index in [2.05, 4.69) is 31.7 Å². The van der Waals surface area contributed by atoms with Gasteiger partial charge in [0.2, 0.25) is 0 Å². The Morgan fingerprint density at radius 3 is 2.10 bits per heavy atom. The van der Waals surface area contributed by atoms with Crippen LogP contribution in [0.2, 0.25) is 0 Å². The molecule has 0 fully saturated rings. The van der Waals surface area contributed by atoms with Gasteiger partial charge in [-0.1, -0.05) is 59.1 Å². The highest BCUT2D eigenvalue weighted by atomic mass is 16.6. The summed E-state index contributed by atoms with van der Waals surface area (Å²) in [6.07, 6.45) is 8.35. The van der Waals surface area contributed by atoms with Gasteiger partial charge in [0, 0.05) is 6.08 Å². The molecule has 0 heterocycles. The quantitative estimate of drug-likeness (QED) is 0.235. The van der Waals surface area contributed by atoms with Gasteiger partial charge in [-0.3, -0.25) is 0 Å². The van der Waals surface area contributed by atoms with Crippen molar-refractivity contribution in [3.63, 3.8) is 0 Å². The molecule has 0 radical (unpaired) electrons. The lowest BCUT2D eigenvalue weighted by atomic mass is 10.0. The van der Waals surface area contributed by atoms with Crippen molar-refractivity contribution in [2.45, 2.75) is 64.9 Å². The van der Waals surface area contributed by atoms with Crippen molar-refractivity contribution in [3.8, 4) is 0 Å². The molecule has 0 N–H and O–H groups in total. The first-order chi connectivity index (χ1) is 10.0. The van der Waals surface area contributed by atoms with E-state index in [1.165, 1.54) is 19.3 Å². The van der Waals surface area contributed by atoms with E-state index >= 15 is 0 Å². The molecule has 4 heteroatoms. The molecule has 1 unspecified atom stereocenters. The molecule has 0 aromatic heterocycles. The lowest BCUT2D eigenvalue weighted by molar-refractivity contribution is -0.161. The minimum atomic E-state index is -0.871. The second-order valence-electron chi connectivity index (χ2n) is 5.47. The summed E-state index contributed by atoms with van der Waals surface area (Å²) in [6, 6.07) is 0. The maximum absolute atomic E-state index is 11.6. The molecule has 0 aliphatic rings. The summed E-state index contributed by atoms with van der Waals surface area (Å²) >= 11 is 0. The Bertz CT molecular complexity index is 334. The van der Waals surface area contributed by atoms with Crippen LogP contribution in [0, 0.1) is 5.92 Å². The number of esters is 2. The zero-order valence-corrected chi connectivity index (χ0v) is 13.3. The van der Waals surface area contributed by atoms with Crippen LogP contribution in [0.3, 0.4) is 0 Å². The smallest absolute Gasteiger partial charge is 0.352 e. The highest BCUT2D eigenvalue weighted by Gasteiger charge is 2.22. The van der Waals surface area contributed by atoms with Gasteiger partial charge in [0.15, 0.2) is 6.10 Å². The van der Waals surface area contributed by atoms with Crippen LogP contribution >= 0.6 is 0 Å². The second-order valence-corrected chi connectivity index (χ2v) is 5.47. The number of ether oxygens (including phenoxy) is 2. The Hall–Kier alpha value is -1.58. The van der Waals surface area contributed by atoms with Crippen molar-refractivity contribution in [3.05, 3.63) is 25.5 Å². The van der Waals surface area contributed by atoms with E-state index in [0.717, 1.165) is 37.5 Å². The van der Waals surface area contributed by atoms with Gasteiger partial charge in [0.25, 0.3) is 0 Å². The Kier molecular flexibility index (Phi) is 11.3. The fourth-order valence-corrected chi connectivity index (χ4v) is 1.98. The number of hydrogen-bond acceptors (Lipinski definition) is 4. The third-order valence-corrected chi connectivity index (χ3v) is 3.14. The molecule has 0 saturated carbocycles. The number of rotatable bonds is 12. The molecule has 0 bridgehead atoms. The molecule has 0 aromatic rings. The van der Waals surface area contributed by atoms with Gasteiger partial charge in [0.05, 0.1) is 6.26 Å². The molecule has 0 spiro atoms. The fourth-order valence-electron chi connectivity index (χ4n) is 1.98. The van der Waals surface area contributed by atoms with Gasteiger partial charge in [-0.2, -0.15) is 0 Å². The number of carbonyl (C=O) groups is 2. The summed E-state index contributed by atoms with van der Waals surface area (Å²) in [6.45, 7) is 11.1. The van der Waals surface area contributed by atoms with Crippen molar-refractivity contribution < 1.29 is 19.1 Å². The van der Waals surface area contributed by atoms with E-state index in [4.69, 9.17) is 4.74 Å². The molecule has 0 aliphatic heterocycles. The van der Waals surface area contributed by atoms with Crippen LogP contribution in [0.5, 0.6) is 0 Å². The first kappa shape index (κ1) is 19.4. The molecule has 21 heavy (non-hydrogen) atoms. The van der Waals surface area contributed by atoms with Crippen LogP contribution in [0.1, 0.15) is 58.8 Å². The van der Waals surface area contributed by atoms with Crippen molar-refractivity contribution in [2.24, 2.45) is 5.92 Å². The third-order valence-electron chi connectivity index (χ3n) is 3.14. The zero-order valence-electron chi connectivity index (χ0n) is 13.3. The van der Waals surface area contributed by atoms with E-state index in [1.54, 1.807) is 0 Å². The van der Waals surface area contributed by atoms with Crippen molar-refractivity contribution >= 4 is 11.9 Å². The normalized spacial score (nSPS) is 11.8. The third kappa shape index (κ3) is 10.8. The molecular weight excluding hydrogens is 268 g/mol. The van der Waals surface area contributed by atoms with Crippen LogP contribution in [0.4, 0.5) is 0 Å². The van der Waals surface area contributed by atoms with E-state index < -0.39 is 18.0 Å². The molecular formula is C17H28O4. The van der Waals surface area contributed by atoms with E-state index in [9.17, 15) is 9.59 Å². The second kappa shape index (κ2) is 12.2. The van der Waals surface area contributed by atoms with Crippen LogP contribution in [0.25, 0.3) is 0 Å². The largest absolute Gasteiger partial charge is 0.447 e. The van der Waals surface area contributed by atoms with E-state index in [1.807, 2.05) is 0 Å². The highest BCUT2D eigenvalue weighted by molar-refractivity contribution is 5.85. The summed E-state index contributed by atoms with van der Waals surface area (Å²) < 4.78 is 9.68. The molecule has 4 nitrogen and oxygen atoms in total. The van der Waals surface area contributed by atoms with Gasteiger partial charge in [-0.25, -0.2) is 9.59 Å². The summed E-state index contributed by atoms with van der Waals surface area (Å²) in [5.74, 6) is -0.445. The van der Waals surface area contributed by atoms with Gasteiger partial charge < -0.3 is 9.47 Å². The van der Waals surface area contributed by atoms with Crippen molar-refractivity contribution in [2.75, 3.05) is 0 Å². The van der Waals surface area contributed by atoms with Gasteiger partial charge in [-0.05, 0) is 18.8 Å². The standard InChI is InChI=1S/C17H28O4/c1-5-16(18)21-15(17(19)20-6-2)13-11-9-7-8-10-12-14(3)4/h5-6,14-15H,1-2,7-13H2,3-4H3. The first-order valence-corrected chi connectivity index (χ1v) is 7.65. The Labute approximate surface area is 128 Å². The summed E-state index contributed by atoms with van der Waals surface area (Å²) in [5, 5.41) is 0. The minimum Gasteiger partial charge on any atom is -0.447 e. The Balaban J connectivity index is 3.95. The number of unbranched alkanes of at least 4 members (excludes halogenated alkanes) is 4. The first-order valence-electron chi connectivity index (χ1n) is 7.65. The zero-order chi connectivity index (χ0) is 16.1. The molecule has 0 aliphatic carbocycles. The van der Waals surface area contributed by atoms with Crippen LogP contribution in [0.15, 0.2) is 25.5 Å². The maximum atomic E-state index is 11.6. The molecule has 0 aromatic carbocycles. The Morgan fingerprint density at radius 1 is 1.00 bits per heavy atom. The molecule has 0 saturated heterocycles. The van der Waals surface area contributed by atoms with Crippen LogP contribution < -0.4 is 0 Å². The van der Waals surface area contributed by atoms with Crippen molar-refractivity contribution in [1.29, 1.82) is 0 Å². The lowest BCUT2D eigenvalue weighted by Gasteiger charge is -2.14.